The van der Waals surface area contributed by atoms with E-state index < -0.39 is 23.8 Å². The lowest BCUT2D eigenvalue weighted by molar-refractivity contribution is -0.240. The SMILES string of the molecule is CC(C)(C)OC(=O)NCCCCCC(=O)OC(F)(F)c1ccccc1. The smallest absolute Gasteiger partial charge is 0.428 e. The van der Waals surface area contributed by atoms with Crippen LogP contribution in [0.3, 0.4) is 0 Å². The molecule has 1 rings (SSSR count). The van der Waals surface area contributed by atoms with Gasteiger partial charge in [0.15, 0.2) is 0 Å². The molecular weight excluding hydrogens is 332 g/mol. The molecule has 1 aromatic carbocycles. The van der Waals surface area contributed by atoms with E-state index in [1.54, 1.807) is 26.8 Å². The minimum absolute atomic E-state index is 0.102. The molecule has 0 bridgehead atoms. The molecule has 25 heavy (non-hydrogen) atoms. The van der Waals surface area contributed by atoms with E-state index in [2.05, 4.69) is 10.1 Å². The summed E-state index contributed by atoms with van der Waals surface area (Å²) >= 11 is 0. The van der Waals surface area contributed by atoms with E-state index in [9.17, 15) is 18.4 Å². The molecule has 5 nitrogen and oxygen atoms in total. The zero-order valence-corrected chi connectivity index (χ0v) is 14.8. The number of ether oxygens (including phenoxy) is 2. The molecule has 0 saturated heterocycles. The number of unbranched alkanes of at least 4 members (excludes halogenated alkanes) is 2. The zero-order chi connectivity index (χ0) is 18.9. The Morgan fingerprint density at radius 3 is 2.24 bits per heavy atom. The van der Waals surface area contributed by atoms with Gasteiger partial charge in [-0.25, -0.2) is 4.79 Å². The van der Waals surface area contributed by atoms with E-state index in [1.165, 1.54) is 24.3 Å². The Labute approximate surface area is 146 Å². The number of alkyl carbamates (subject to hydrolysis) is 1. The summed E-state index contributed by atoms with van der Waals surface area (Å²) < 4.78 is 36.8. The molecule has 0 unspecified atom stereocenters. The number of hydrogen-bond donors (Lipinski definition) is 1. The van der Waals surface area contributed by atoms with Gasteiger partial charge in [-0.1, -0.05) is 24.6 Å². The lowest BCUT2D eigenvalue weighted by Gasteiger charge is -2.19. The molecule has 0 aliphatic heterocycles. The van der Waals surface area contributed by atoms with Gasteiger partial charge >= 0.3 is 18.2 Å². The van der Waals surface area contributed by atoms with Crippen LogP contribution >= 0.6 is 0 Å². The summed E-state index contributed by atoms with van der Waals surface area (Å²) in [5.74, 6) is -0.950. The standard InChI is InChI=1S/C18H25F2NO4/c1-17(2,3)25-16(23)21-13-9-5-8-12-15(22)24-18(19,20)14-10-6-4-7-11-14/h4,6-7,10-11H,5,8-9,12-13H2,1-3H3,(H,21,23). The van der Waals surface area contributed by atoms with Gasteiger partial charge < -0.3 is 14.8 Å². The largest absolute Gasteiger partial charge is 0.444 e. The quantitative estimate of drug-likeness (QED) is 0.554. The number of alkyl halides is 2. The van der Waals surface area contributed by atoms with Crippen LogP contribution in [-0.4, -0.2) is 24.2 Å². The van der Waals surface area contributed by atoms with Crippen molar-refractivity contribution in [3.8, 4) is 0 Å². The van der Waals surface area contributed by atoms with E-state index in [4.69, 9.17) is 4.74 Å². The Bertz CT molecular complexity index is 556. The second-order valence-electron chi connectivity index (χ2n) is 6.60. The van der Waals surface area contributed by atoms with Crippen LogP contribution in [0.4, 0.5) is 13.6 Å². The first-order valence-corrected chi connectivity index (χ1v) is 8.22. The molecule has 7 heteroatoms. The van der Waals surface area contributed by atoms with Crippen LogP contribution in [0.2, 0.25) is 0 Å². The van der Waals surface area contributed by atoms with Gasteiger partial charge in [0.1, 0.15) is 5.60 Å². The first-order chi connectivity index (χ1) is 11.6. The Hall–Kier alpha value is -2.18. The summed E-state index contributed by atoms with van der Waals surface area (Å²) in [4.78, 5) is 22.9. The van der Waals surface area contributed by atoms with Gasteiger partial charge in [0.2, 0.25) is 0 Å². The maximum Gasteiger partial charge on any atom is 0.428 e. The summed E-state index contributed by atoms with van der Waals surface area (Å²) in [6, 6.07) is 6.92. The zero-order valence-electron chi connectivity index (χ0n) is 14.8. The number of halogens is 2. The van der Waals surface area contributed by atoms with Crippen molar-refractivity contribution < 1.29 is 27.8 Å². The number of amides is 1. The van der Waals surface area contributed by atoms with Crippen LogP contribution in [0.25, 0.3) is 0 Å². The van der Waals surface area contributed by atoms with E-state index in [1.807, 2.05) is 0 Å². The molecule has 140 valence electrons. The van der Waals surface area contributed by atoms with E-state index in [0.717, 1.165) is 0 Å². The number of esters is 1. The van der Waals surface area contributed by atoms with E-state index in [-0.39, 0.29) is 12.0 Å². The van der Waals surface area contributed by atoms with E-state index in [0.29, 0.717) is 25.8 Å². The van der Waals surface area contributed by atoms with Crippen LogP contribution in [-0.2, 0) is 20.4 Å². The van der Waals surface area contributed by atoms with Crippen molar-refractivity contribution in [1.82, 2.24) is 5.32 Å². The molecule has 1 aromatic rings. The van der Waals surface area contributed by atoms with Gasteiger partial charge in [-0.15, -0.1) is 0 Å². The summed E-state index contributed by atoms with van der Waals surface area (Å²) in [6.07, 6.45) is -2.62. The maximum absolute atomic E-state index is 13.8. The molecule has 0 saturated carbocycles. The highest BCUT2D eigenvalue weighted by molar-refractivity contribution is 5.69. The Morgan fingerprint density at radius 2 is 1.64 bits per heavy atom. The topological polar surface area (TPSA) is 64.6 Å². The van der Waals surface area contributed by atoms with Gasteiger partial charge in [0.05, 0.1) is 5.56 Å². The molecule has 1 N–H and O–H groups in total. The number of rotatable bonds is 8. The summed E-state index contributed by atoms with van der Waals surface area (Å²) in [5, 5.41) is 2.59. The third-order valence-electron chi connectivity index (χ3n) is 3.08. The molecule has 0 fully saturated rings. The third-order valence-corrected chi connectivity index (χ3v) is 3.08. The van der Waals surface area contributed by atoms with Crippen molar-refractivity contribution in [3.63, 3.8) is 0 Å². The predicted octanol–water partition coefficient (Wildman–Crippen LogP) is 4.36. The first-order valence-electron chi connectivity index (χ1n) is 8.22. The molecule has 0 aliphatic rings. The Kier molecular flexibility index (Phi) is 7.80. The number of carbonyl (C=O) groups excluding carboxylic acids is 2. The molecular formula is C18H25F2NO4. The normalized spacial score (nSPS) is 11.7. The van der Waals surface area contributed by atoms with Crippen molar-refractivity contribution in [3.05, 3.63) is 35.9 Å². The Balaban J connectivity index is 2.18. The molecule has 0 atom stereocenters. The average molecular weight is 357 g/mol. The van der Waals surface area contributed by atoms with Crippen molar-refractivity contribution in [1.29, 1.82) is 0 Å². The number of carbonyl (C=O) groups is 2. The highest BCUT2D eigenvalue weighted by Gasteiger charge is 2.36. The Morgan fingerprint density at radius 1 is 1.00 bits per heavy atom. The third kappa shape index (κ3) is 9.02. The molecule has 0 radical (unpaired) electrons. The fourth-order valence-electron chi connectivity index (χ4n) is 1.96. The number of nitrogens with one attached hydrogen (secondary N) is 1. The van der Waals surface area contributed by atoms with Gasteiger partial charge in [0, 0.05) is 13.0 Å². The summed E-state index contributed by atoms with van der Waals surface area (Å²) in [5.41, 5.74) is -0.914. The molecule has 1 amide bonds. The lowest BCUT2D eigenvalue weighted by atomic mass is 10.2. The van der Waals surface area contributed by atoms with Gasteiger partial charge in [-0.3, -0.25) is 4.79 Å². The maximum atomic E-state index is 13.8. The van der Waals surface area contributed by atoms with Gasteiger partial charge in [-0.2, -0.15) is 8.78 Å². The fourth-order valence-corrected chi connectivity index (χ4v) is 1.96. The van der Waals surface area contributed by atoms with Crippen molar-refractivity contribution in [2.75, 3.05) is 6.54 Å². The average Bonchev–Trinajstić information content (AvgIpc) is 2.49. The first kappa shape index (κ1) is 20.9. The molecule has 0 aliphatic carbocycles. The van der Waals surface area contributed by atoms with Crippen molar-refractivity contribution >= 4 is 12.1 Å². The van der Waals surface area contributed by atoms with Crippen molar-refractivity contribution in [2.24, 2.45) is 0 Å². The molecule has 0 aromatic heterocycles. The molecule has 0 spiro atoms. The second-order valence-corrected chi connectivity index (χ2v) is 6.60. The minimum Gasteiger partial charge on any atom is -0.444 e. The van der Waals surface area contributed by atoms with Crippen LogP contribution in [0.15, 0.2) is 30.3 Å². The van der Waals surface area contributed by atoms with Crippen molar-refractivity contribution in [2.45, 2.75) is 58.2 Å². The summed E-state index contributed by atoms with van der Waals surface area (Å²) in [7, 11) is 0. The van der Waals surface area contributed by atoms with Crippen LogP contribution in [0.5, 0.6) is 0 Å². The summed E-state index contributed by atoms with van der Waals surface area (Å²) in [6.45, 7) is 5.69. The van der Waals surface area contributed by atoms with E-state index >= 15 is 0 Å². The van der Waals surface area contributed by atoms with Crippen LogP contribution < -0.4 is 5.32 Å². The second kappa shape index (κ2) is 9.34. The monoisotopic (exact) mass is 357 g/mol. The van der Waals surface area contributed by atoms with Crippen LogP contribution in [0, 0.1) is 0 Å². The predicted molar refractivity (Wildman–Crippen MR) is 89.1 cm³/mol. The number of benzene rings is 1. The lowest BCUT2D eigenvalue weighted by Crippen LogP contribution is -2.33. The highest BCUT2D eigenvalue weighted by atomic mass is 19.3. The van der Waals surface area contributed by atoms with Gasteiger partial charge in [0.25, 0.3) is 0 Å². The minimum atomic E-state index is -3.63. The number of hydrogen-bond acceptors (Lipinski definition) is 4. The molecule has 0 heterocycles. The fraction of sp³-hybridized carbons (Fsp3) is 0.556. The van der Waals surface area contributed by atoms with Gasteiger partial charge in [-0.05, 0) is 45.7 Å². The van der Waals surface area contributed by atoms with Crippen LogP contribution in [0.1, 0.15) is 52.0 Å². The highest BCUT2D eigenvalue weighted by Crippen LogP contribution is 2.29.